The van der Waals surface area contributed by atoms with Crippen LogP contribution in [-0.4, -0.2) is 25.7 Å². The number of aromatic amines is 1. The maximum absolute atomic E-state index is 12.2. The highest BCUT2D eigenvalue weighted by Crippen LogP contribution is 2.35. The van der Waals surface area contributed by atoms with Gasteiger partial charge in [0.2, 0.25) is 0 Å². The molecule has 1 fully saturated rings. The van der Waals surface area contributed by atoms with Gasteiger partial charge in [-0.1, -0.05) is 15.9 Å². The average molecular weight is 334 g/mol. The molecule has 1 aliphatic carbocycles. The van der Waals surface area contributed by atoms with Crippen LogP contribution < -0.4 is 5.69 Å². The fraction of sp³-hybridized carbons (Fsp3) is 0.286. The quantitative estimate of drug-likeness (QED) is 0.718. The molecule has 0 amide bonds. The summed E-state index contributed by atoms with van der Waals surface area (Å²) in [5.41, 5.74) is 2.33. The molecular weight excluding hydrogens is 322 g/mol. The zero-order valence-electron chi connectivity index (χ0n) is 10.5. The molecule has 20 heavy (non-hydrogen) atoms. The Morgan fingerprint density at radius 2 is 2.20 bits per heavy atom. The van der Waals surface area contributed by atoms with E-state index in [9.17, 15) is 9.90 Å². The number of aromatic nitrogens is 3. The molecule has 0 unspecified atom stereocenters. The molecule has 0 saturated heterocycles. The first-order valence-electron chi connectivity index (χ1n) is 6.50. The van der Waals surface area contributed by atoms with E-state index < -0.39 is 0 Å². The minimum atomic E-state index is -0.295. The lowest BCUT2D eigenvalue weighted by Gasteiger charge is -2.32. The van der Waals surface area contributed by atoms with Crippen LogP contribution in [0.1, 0.15) is 18.9 Å². The van der Waals surface area contributed by atoms with Gasteiger partial charge in [-0.25, -0.2) is 4.79 Å². The number of pyridine rings is 1. The molecule has 4 rings (SSSR count). The minimum Gasteiger partial charge on any atom is -0.393 e. The number of hydrogen-bond acceptors (Lipinski definition) is 3. The van der Waals surface area contributed by atoms with Gasteiger partial charge in [-0.05, 0) is 31.0 Å². The van der Waals surface area contributed by atoms with Crippen molar-refractivity contribution < 1.29 is 5.11 Å². The molecule has 2 N–H and O–H groups in total. The Labute approximate surface area is 122 Å². The molecule has 1 saturated carbocycles. The number of halogens is 1. The fourth-order valence-corrected chi connectivity index (χ4v) is 3.26. The first-order valence-corrected chi connectivity index (χ1v) is 7.29. The molecular formula is C14H12BrN3O2. The van der Waals surface area contributed by atoms with Gasteiger partial charge in [0.05, 0.1) is 28.9 Å². The summed E-state index contributed by atoms with van der Waals surface area (Å²) in [6.45, 7) is 0. The number of benzene rings is 1. The Morgan fingerprint density at radius 1 is 1.40 bits per heavy atom. The van der Waals surface area contributed by atoms with Gasteiger partial charge >= 0.3 is 5.69 Å². The van der Waals surface area contributed by atoms with Gasteiger partial charge in [0.15, 0.2) is 0 Å². The van der Waals surface area contributed by atoms with Crippen molar-refractivity contribution >= 4 is 37.9 Å². The van der Waals surface area contributed by atoms with Crippen molar-refractivity contribution in [2.24, 2.45) is 0 Å². The Balaban J connectivity index is 2.09. The highest BCUT2D eigenvalue weighted by molar-refractivity contribution is 9.10. The van der Waals surface area contributed by atoms with E-state index in [-0.39, 0.29) is 17.8 Å². The van der Waals surface area contributed by atoms with Crippen LogP contribution >= 0.6 is 15.9 Å². The topological polar surface area (TPSA) is 70.9 Å². The molecule has 102 valence electrons. The van der Waals surface area contributed by atoms with Crippen LogP contribution in [0.2, 0.25) is 0 Å². The van der Waals surface area contributed by atoms with Gasteiger partial charge in [-0.3, -0.25) is 9.55 Å². The Bertz CT molecular complexity index is 877. The normalized spacial score (nSPS) is 22.3. The van der Waals surface area contributed by atoms with E-state index in [4.69, 9.17) is 0 Å². The number of rotatable bonds is 1. The lowest BCUT2D eigenvalue weighted by molar-refractivity contribution is 0.0490. The average Bonchev–Trinajstić information content (AvgIpc) is 2.71. The van der Waals surface area contributed by atoms with Gasteiger partial charge in [0.25, 0.3) is 0 Å². The van der Waals surface area contributed by atoms with Gasteiger partial charge in [-0.2, -0.15) is 0 Å². The van der Waals surface area contributed by atoms with Crippen molar-refractivity contribution in [3.63, 3.8) is 0 Å². The van der Waals surface area contributed by atoms with Gasteiger partial charge in [0.1, 0.15) is 0 Å². The second-order valence-corrected chi connectivity index (χ2v) is 6.18. The standard InChI is InChI=1S/C14H12BrN3O2/c15-7-1-2-11-10(3-7)13-12(6-16-11)17-14(20)18(13)8-4-9(19)5-8/h1-3,6,8-9,19H,4-5H2,(H,17,20). The molecule has 0 bridgehead atoms. The molecule has 6 heteroatoms. The number of aliphatic hydroxyl groups is 1. The third kappa shape index (κ3) is 1.65. The molecule has 5 nitrogen and oxygen atoms in total. The summed E-state index contributed by atoms with van der Waals surface area (Å²) in [7, 11) is 0. The van der Waals surface area contributed by atoms with Crippen LogP contribution in [0.15, 0.2) is 33.7 Å². The molecule has 3 aromatic rings. The van der Waals surface area contributed by atoms with E-state index >= 15 is 0 Å². The van der Waals surface area contributed by atoms with Crippen LogP contribution in [0, 0.1) is 0 Å². The van der Waals surface area contributed by atoms with Crippen molar-refractivity contribution in [3.8, 4) is 0 Å². The second kappa shape index (κ2) is 4.17. The van der Waals surface area contributed by atoms with Crippen LogP contribution in [-0.2, 0) is 0 Å². The largest absolute Gasteiger partial charge is 0.393 e. The number of imidazole rings is 1. The molecule has 0 atom stereocenters. The molecule has 0 spiro atoms. The number of nitrogens with one attached hydrogen (secondary N) is 1. The molecule has 0 aliphatic heterocycles. The molecule has 0 radical (unpaired) electrons. The Morgan fingerprint density at radius 3 is 2.95 bits per heavy atom. The predicted octanol–water partition coefficient (Wildman–Crippen LogP) is 2.34. The maximum atomic E-state index is 12.2. The zero-order chi connectivity index (χ0) is 13.9. The van der Waals surface area contributed by atoms with Crippen molar-refractivity contribution in [2.45, 2.75) is 25.0 Å². The van der Waals surface area contributed by atoms with Crippen molar-refractivity contribution in [1.29, 1.82) is 0 Å². The van der Waals surface area contributed by atoms with Crippen LogP contribution in [0.4, 0.5) is 0 Å². The minimum absolute atomic E-state index is 0.0656. The third-order valence-electron chi connectivity index (χ3n) is 3.96. The van der Waals surface area contributed by atoms with E-state index in [0.29, 0.717) is 12.8 Å². The van der Waals surface area contributed by atoms with Crippen LogP contribution in [0.3, 0.4) is 0 Å². The van der Waals surface area contributed by atoms with Gasteiger partial charge in [0, 0.05) is 15.9 Å². The van der Waals surface area contributed by atoms with Crippen molar-refractivity contribution in [3.05, 3.63) is 39.4 Å². The van der Waals surface area contributed by atoms with Gasteiger partial charge in [-0.15, -0.1) is 0 Å². The summed E-state index contributed by atoms with van der Waals surface area (Å²) < 4.78 is 2.71. The SMILES string of the molecule is O=c1[nH]c2cnc3ccc(Br)cc3c2n1C1CC(O)C1. The number of hydrogen-bond donors (Lipinski definition) is 2. The molecule has 2 aromatic heterocycles. The highest BCUT2D eigenvalue weighted by Gasteiger charge is 2.31. The zero-order valence-corrected chi connectivity index (χ0v) is 12.1. The summed E-state index contributed by atoms with van der Waals surface area (Å²) in [5, 5.41) is 10.4. The molecule has 1 aromatic carbocycles. The molecule has 2 heterocycles. The van der Waals surface area contributed by atoms with Gasteiger partial charge < -0.3 is 10.1 Å². The highest BCUT2D eigenvalue weighted by atomic mass is 79.9. The summed E-state index contributed by atoms with van der Waals surface area (Å²) in [6, 6.07) is 5.90. The van der Waals surface area contributed by atoms with Crippen LogP contribution in [0.25, 0.3) is 21.9 Å². The van der Waals surface area contributed by atoms with E-state index in [2.05, 4.69) is 25.9 Å². The third-order valence-corrected chi connectivity index (χ3v) is 4.45. The van der Waals surface area contributed by atoms with E-state index in [1.54, 1.807) is 10.8 Å². The Kier molecular flexibility index (Phi) is 2.52. The van der Waals surface area contributed by atoms with Crippen LogP contribution in [0.5, 0.6) is 0 Å². The number of nitrogens with zero attached hydrogens (tertiary/aromatic N) is 2. The lowest BCUT2D eigenvalue weighted by Crippen LogP contribution is -2.35. The van der Waals surface area contributed by atoms with Crippen molar-refractivity contribution in [1.82, 2.24) is 14.5 Å². The van der Waals surface area contributed by atoms with E-state index in [1.165, 1.54) is 0 Å². The summed E-state index contributed by atoms with van der Waals surface area (Å²) in [5.74, 6) is 0. The van der Waals surface area contributed by atoms with Crippen molar-refractivity contribution in [2.75, 3.05) is 0 Å². The number of H-pyrrole nitrogens is 1. The predicted molar refractivity (Wildman–Crippen MR) is 79.8 cm³/mol. The monoisotopic (exact) mass is 333 g/mol. The summed E-state index contributed by atoms with van der Waals surface area (Å²) >= 11 is 3.46. The smallest absolute Gasteiger partial charge is 0.326 e. The number of fused-ring (bicyclic) bond motifs is 3. The maximum Gasteiger partial charge on any atom is 0.326 e. The second-order valence-electron chi connectivity index (χ2n) is 5.26. The fourth-order valence-electron chi connectivity index (χ4n) is 2.90. The van der Waals surface area contributed by atoms with E-state index in [0.717, 1.165) is 26.4 Å². The Hall–Kier alpha value is -1.66. The first kappa shape index (κ1) is 12.1. The number of aliphatic hydroxyl groups excluding tert-OH is 1. The molecule has 1 aliphatic rings. The first-order chi connectivity index (χ1) is 9.63. The summed E-state index contributed by atoms with van der Waals surface area (Å²) in [4.78, 5) is 19.4. The van der Waals surface area contributed by atoms with E-state index in [1.807, 2.05) is 18.2 Å². The summed E-state index contributed by atoms with van der Waals surface area (Å²) in [6.07, 6.45) is 2.66. The lowest BCUT2D eigenvalue weighted by atomic mass is 9.89.